The Bertz CT molecular complexity index is 674. The third-order valence-corrected chi connectivity index (χ3v) is 4.91. The molecule has 5 nitrogen and oxygen atoms in total. The van der Waals surface area contributed by atoms with Crippen LogP contribution in [0.3, 0.4) is 0 Å². The molecule has 1 aliphatic rings. The van der Waals surface area contributed by atoms with Gasteiger partial charge in [-0.3, -0.25) is 9.59 Å². The maximum atomic E-state index is 12.4. The Hall–Kier alpha value is -2.06. The summed E-state index contributed by atoms with van der Waals surface area (Å²) >= 11 is 5.87. The van der Waals surface area contributed by atoms with Crippen molar-refractivity contribution in [1.29, 1.82) is 5.26 Å². The number of hydrogen-bond donors (Lipinski definition) is 1. The first-order valence-corrected chi connectivity index (χ1v) is 8.27. The third kappa shape index (κ3) is 3.70. The summed E-state index contributed by atoms with van der Waals surface area (Å²) < 4.78 is 5.19. The van der Waals surface area contributed by atoms with Crippen LogP contribution >= 0.6 is 11.6 Å². The molecule has 0 saturated heterocycles. The maximum absolute atomic E-state index is 12.4. The largest absolute Gasteiger partial charge is 0.455 e. The predicted octanol–water partition coefficient (Wildman–Crippen LogP) is 2.97. The molecule has 1 atom stereocenters. The summed E-state index contributed by atoms with van der Waals surface area (Å²) in [5.74, 6) is -0.956. The van der Waals surface area contributed by atoms with Crippen LogP contribution in [0.4, 0.5) is 0 Å². The molecule has 0 spiro atoms. The number of hydrogen-bond acceptors (Lipinski definition) is 4. The highest BCUT2D eigenvalue weighted by molar-refractivity contribution is 6.30. The number of nitrogens with one attached hydrogen (secondary N) is 1. The van der Waals surface area contributed by atoms with Crippen LogP contribution in [0.2, 0.25) is 5.02 Å². The number of benzene rings is 1. The fourth-order valence-corrected chi connectivity index (χ4v) is 2.53. The molecule has 1 amide bonds. The monoisotopic (exact) mass is 348 g/mol. The third-order valence-electron chi connectivity index (χ3n) is 4.66. The van der Waals surface area contributed by atoms with Gasteiger partial charge >= 0.3 is 5.97 Å². The lowest BCUT2D eigenvalue weighted by Crippen LogP contribution is -2.50. The van der Waals surface area contributed by atoms with E-state index in [1.54, 1.807) is 19.1 Å². The molecule has 0 unspecified atom stereocenters. The molecular formula is C18H21ClN2O3. The van der Waals surface area contributed by atoms with Crippen LogP contribution in [0.5, 0.6) is 0 Å². The smallest absolute Gasteiger partial charge is 0.317 e. The van der Waals surface area contributed by atoms with E-state index in [1.807, 2.05) is 26.0 Å². The Kier molecular flexibility index (Phi) is 5.19. The maximum Gasteiger partial charge on any atom is 0.317 e. The van der Waals surface area contributed by atoms with Crippen molar-refractivity contribution in [3.63, 3.8) is 0 Å². The predicted molar refractivity (Wildman–Crippen MR) is 90.3 cm³/mol. The zero-order valence-corrected chi connectivity index (χ0v) is 14.8. The van der Waals surface area contributed by atoms with E-state index in [1.165, 1.54) is 0 Å². The first-order valence-electron chi connectivity index (χ1n) is 7.89. The Labute approximate surface area is 146 Å². The van der Waals surface area contributed by atoms with E-state index < -0.39 is 29.4 Å². The molecular weight excluding hydrogens is 328 g/mol. The van der Waals surface area contributed by atoms with E-state index in [0.717, 1.165) is 5.56 Å². The van der Waals surface area contributed by atoms with Crippen molar-refractivity contribution in [2.75, 3.05) is 6.61 Å². The van der Waals surface area contributed by atoms with Gasteiger partial charge in [-0.2, -0.15) is 5.26 Å². The Morgan fingerprint density at radius 2 is 1.96 bits per heavy atom. The number of carbonyl (C=O) groups is 2. The van der Waals surface area contributed by atoms with E-state index in [-0.39, 0.29) is 5.92 Å². The molecule has 0 heterocycles. The molecule has 1 aromatic rings. The van der Waals surface area contributed by atoms with Gasteiger partial charge in [0.25, 0.3) is 5.91 Å². The average Bonchev–Trinajstić information content (AvgIpc) is 3.34. The number of nitrogens with zero attached hydrogens (tertiary/aromatic N) is 1. The van der Waals surface area contributed by atoms with E-state index in [2.05, 4.69) is 11.4 Å². The number of nitriles is 1. The summed E-state index contributed by atoms with van der Waals surface area (Å²) in [4.78, 5) is 24.4. The van der Waals surface area contributed by atoms with Crippen LogP contribution in [-0.2, 0) is 19.7 Å². The van der Waals surface area contributed by atoms with Crippen LogP contribution in [-0.4, -0.2) is 24.0 Å². The molecule has 1 fully saturated rings. The van der Waals surface area contributed by atoms with Gasteiger partial charge < -0.3 is 10.1 Å². The molecule has 2 rings (SSSR count). The van der Waals surface area contributed by atoms with Crippen LogP contribution in [0.1, 0.15) is 39.2 Å². The van der Waals surface area contributed by atoms with E-state index in [4.69, 9.17) is 16.3 Å². The number of ether oxygens (including phenoxy) is 1. The fourth-order valence-electron chi connectivity index (χ4n) is 2.40. The van der Waals surface area contributed by atoms with Crippen molar-refractivity contribution >= 4 is 23.5 Å². The van der Waals surface area contributed by atoms with Crippen molar-refractivity contribution in [1.82, 2.24) is 5.32 Å². The van der Waals surface area contributed by atoms with Gasteiger partial charge in [0, 0.05) is 5.02 Å². The molecule has 0 aromatic heterocycles. The van der Waals surface area contributed by atoms with E-state index in [9.17, 15) is 14.9 Å². The molecule has 1 N–H and O–H groups in total. The van der Waals surface area contributed by atoms with Crippen LogP contribution in [0, 0.1) is 17.2 Å². The lowest BCUT2D eigenvalue weighted by Gasteiger charge is -2.27. The number of esters is 1. The molecule has 0 aliphatic heterocycles. The van der Waals surface area contributed by atoms with Gasteiger partial charge in [0.15, 0.2) is 6.61 Å². The fraction of sp³-hybridized carbons (Fsp3) is 0.500. The first kappa shape index (κ1) is 18.3. The van der Waals surface area contributed by atoms with Crippen molar-refractivity contribution < 1.29 is 14.3 Å². The normalized spacial score (nSPS) is 17.5. The van der Waals surface area contributed by atoms with Gasteiger partial charge in [-0.25, -0.2) is 0 Å². The minimum Gasteiger partial charge on any atom is -0.455 e. The number of halogens is 1. The Morgan fingerprint density at radius 3 is 2.42 bits per heavy atom. The highest BCUT2D eigenvalue weighted by atomic mass is 35.5. The van der Waals surface area contributed by atoms with Crippen LogP contribution in [0.15, 0.2) is 24.3 Å². The summed E-state index contributed by atoms with van der Waals surface area (Å²) in [7, 11) is 0. The lowest BCUT2D eigenvalue weighted by molar-refractivity contribution is -0.151. The number of rotatable bonds is 6. The summed E-state index contributed by atoms with van der Waals surface area (Å²) in [5.41, 5.74) is -0.806. The highest BCUT2D eigenvalue weighted by Gasteiger charge is 2.53. The van der Waals surface area contributed by atoms with Gasteiger partial charge in [0.2, 0.25) is 0 Å². The molecule has 6 heteroatoms. The average molecular weight is 349 g/mol. The van der Waals surface area contributed by atoms with E-state index in [0.29, 0.717) is 17.9 Å². The standard InChI is InChI=1S/C18H21ClN2O3/c1-12(2)17(3,11-20)21-15(22)10-24-16(23)18(8-9-18)13-4-6-14(19)7-5-13/h4-7,12H,8-10H2,1-3H3,(H,21,22)/t17-/m0/s1. The first-order chi connectivity index (χ1) is 11.2. The summed E-state index contributed by atoms with van der Waals surface area (Å²) in [6, 6.07) is 9.17. The Balaban J connectivity index is 1.95. The van der Waals surface area contributed by atoms with Crippen LogP contribution < -0.4 is 5.32 Å². The summed E-state index contributed by atoms with van der Waals surface area (Å²) in [6.07, 6.45) is 1.38. The zero-order valence-electron chi connectivity index (χ0n) is 14.1. The Morgan fingerprint density at radius 1 is 1.38 bits per heavy atom. The van der Waals surface area contributed by atoms with Gasteiger partial charge in [0.1, 0.15) is 5.54 Å². The second kappa shape index (κ2) is 6.82. The van der Waals surface area contributed by atoms with E-state index >= 15 is 0 Å². The van der Waals surface area contributed by atoms with Gasteiger partial charge in [0.05, 0.1) is 11.5 Å². The van der Waals surface area contributed by atoms with Crippen molar-refractivity contribution in [2.45, 2.75) is 44.6 Å². The lowest BCUT2D eigenvalue weighted by atomic mass is 9.90. The van der Waals surface area contributed by atoms with Crippen molar-refractivity contribution in [3.8, 4) is 6.07 Å². The molecule has 1 aliphatic carbocycles. The minimum atomic E-state index is -0.989. The topological polar surface area (TPSA) is 79.2 Å². The number of carbonyl (C=O) groups excluding carboxylic acids is 2. The SMILES string of the molecule is CC(C)[C@](C)(C#N)NC(=O)COC(=O)C1(c2ccc(Cl)cc2)CC1. The molecule has 1 aromatic carbocycles. The second-order valence-electron chi connectivity index (χ2n) is 6.68. The second-order valence-corrected chi connectivity index (χ2v) is 7.12. The quantitative estimate of drug-likeness (QED) is 0.801. The number of amides is 1. The summed E-state index contributed by atoms with van der Waals surface area (Å²) in [6.45, 7) is 4.94. The van der Waals surface area contributed by atoms with Gasteiger partial charge in [-0.05, 0) is 43.4 Å². The molecule has 0 radical (unpaired) electrons. The van der Waals surface area contributed by atoms with Crippen LogP contribution in [0.25, 0.3) is 0 Å². The minimum absolute atomic E-state index is 0.0639. The van der Waals surface area contributed by atoms with Crippen molar-refractivity contribution in [2.24, 2.45) is 5.92 Å². The summed E-state index contributed by atoms with van der Waals surface area (Å²) in [5, 5.41) is 12.4. The molecule has 1 saturated carbocycles. The van der Waals surface area contributed by atoms with Gasteiger partial charge in [-0.15, -0.1) is 0 Å². The van der Waals surface area contributed by atoms with Gasteiger partial charge in [-0.1, -0.05) is 37.6 Å². The highest BCUT2D eigenvalue weighted by Crippen LogP contribution is 2.49. The zero-order chi connectivity index (χ0) is 18.0. The molecule has 24 heavy (non-hydrogen) atoms. The molecule has 128 valence electrons. The molecule has 0 bridgehead atoms. The van der Waals surface area contributed by atoms with Crippen molar-refractivity contribution in [3.05, 3.63) is 34.9 Å².